The molecule has 0 spiro atoms. The Bertz CT molecular complexity index is 1500. The van der Waals surface area contributed by atoms with E-state index in [4.69, 9.17) is 10.5 Å². The first-order chi connectivity index (χ1) is 16.9. The zero-order valence-corrected chi connectivity index (χ0v) is 18.5. The average molecular weight is 469 g/mol. The van der Waals surface area contributed by atoms with Gasteiger partial charge in [0.1, 0.15) is 0 Å². The van der Waals surface area contributed by atoms with Gasteiger partial charge in [-0.15, -0.1) is 0 Å². The normalized spacial score (nSPS) is 10.2. The van der Waals surface area contributed by atoms with Crippen LogP contribution < -0.4 is 15.4 Å². The molecule has 35 heavy (non-hydrogen) atoms. The Labute approximate surface area is 198 Å². The summed E-state index contributed by atoms with van der Waals surface area (Å²) < 4.78 is 20.4. The van der Waals surface area contributed by atoms with E-state index in [0.29, 0.717) is 33.8 Å². The number of rotatable bonds is 6. The minimum absolute atomic E-state index is 0.0301. The molecule has 2 aromatic heterocycles. The van der Waals surface area contributed by atoms with Crippen LogP contribution in [0.1, 0.15) is 5.69 Å². The zero-order valence-electron chi connectivity index (χ0n) is 18.5. The van der Waals surface area contributed by atoms with Crippen molar-refractivity contribution < 1.29 is 13.9 Å². The molecule has 0 atom stereocenters. The molecule has 0 aliphatic carbocycles. The van der Waals surface area contributed by atoms with Crippen molar-refractivity contribution in [3.8, 4) is 34.1 Å². The third-order valence-corrected chi connectivity index (χ3v) is 4.62. The van der Waals surface area contributed by atoms with Crippen LogP contribution in [0, 0.1) is 12.7 Å². The molecule has 0 fully saturated rings. The van der Waals surface area contributed by atoms with Gasteiger partial charge in [0.05, 0.1) is 5.69 Å². The number of nitrogen functional groups attached to an aromatic ring is 1. The highest BCUT2D eigenvalue weighted by atomic mass is 19.1. The van der Waals surface area contributed by atoms with Crippen molar-refractivity contribution in [1.29, 1.82) is 0 Å². The van der Waals surface area contributed by atoms with Crippen LogP contribution in [-0.2, 0) is 4.79 Å². The van der Waals surface area contributed by atoms with Gasteiger partial charge in [-0.25, -0.2) is 24.3 Å². The molecule has 0 saturated carbocycles. The largest absolute Gasteiger partial charge is 0.421 e. The Balaban J connectivity index is 1.70. The van der Waals surface area contributed by atoms with Crippen LogP contribution in [0.3, 0.4) is 0 Å². The van der Waals surface area contributed by atoms with Crippen molar-refractivity contribution in [2.24, 2.45) is 10.2 Å². The predicted octanol–water partition coefficient (Wildman–Crippen LogP) is 4.74. The Hall–Kier alpha value is -5.15. The summed E-state index contributed by atoms with van der Waals surface area (Å²) in [6, 6.07) is 13.0. The van der Waals surface area contributed by atoms with Gasteiger partial charge in [0.15, 0.2) is 22.4 Å². The number of anilines is 1. The van der Waals surface area contributed by atoms with Crippen molar-refractivity contribution in [3.63, 3.8) is 0 Å². The molecule has 0 saturated heterocycles. The lowest BCUT2D eigenvalue weighted by Crippen LogP contribution is -1.99. The monoisotopic (exact) mass is 469 g/mol. The minimum atomic E-state index is -0.619. The fourth-order valence-electron chi connectivity index (χ4n) is 3.03. The summed E-state index contributed by atoms with van der Waals surface area (Å²) in [6.45, 7) is 5.09. The summed E-state index contributed by atoms with van der Waals surface area (Å²) in [6.07, 6.45) is 4.05. The minimum Gasteiger partial charge on any atom is -0.421 e. The lowest BCUT2D eigenvalue weighted by Gasteiger charge is -2.11. The van der Waals surface area contributed by atoms with Gasteiger partial charge in [0.2, 0.25) is 16.0 Å². The SMILES string of the molecule is C=CC(=O)N=[N+]=Nc1cccc(-c2nc(N)ncc2-c2ccc(Oc3nccc(C)n3)c(F)c2)c1. The summed E-state index contributed by atoms with van der Waals surface area (Å²) in [5.74, 6) is -1.22. The molecule has 0 aliphatic heterocycles. The number of hydrogen-bond acceptors (Lipinski definition) is 8. The quantitative estimate of drug-likeness (QED) is 0.244. The number of hydrogen-bond donors (Lipinski definition) is 1. The van der Waals surface area contributed by atoms with E-state index in [1.807, 2.05) is 0 Å². The van der Waals surface area contributed by atoms with E-state index < -0.39 is 11.7 Å². The zero-order chi connectivity index (χ0) is 24.8. The summed E-state index contributed by atoms with van der Waals surface area (Å²) in [4.78, 5) is 31.2. The standard InChI is InChI=1S/C24H18FN8O2/c1-3-21(34)32-33-31-17-6-4-5-16(11-17)22-18(13-28-23(26)30-22)15-7-8-20(19(25)12-15)35-24-27-10-9-14(2)29-24/h3-13H,1H2,2H3,(H2,26,28,30)/q+1. The first kappa shape index (κ1) is 23.0. The highest BCUT2D eigenvalue weighted by Gasteiger charge is 2.15. The van der Waals surface area contributed by atoms with E-state index in [1.54, 1.807) is 43.3 Å². The van der Waals surface area contributed by atoms with E-state index in [0.717, 1.165) is 6.08 Å². The molecule has 10 nitrogen and oxygen atoms in total. The molecule has 1 amide bonds. The van der Waals surface area contributed by atoms with Crippen molar-refractivity contribution in [1.82, 2.24) is 24.8 Å². The molecule has 2 heterocycles. The lowest BCUT2D eigenvalue weighted by atomic mass is 10.00. The van der Waals surface area contributed by atoms with Gasteiger partial charge in [-0.2, -0.15) is 0 Å². The second kappa shape index (κ2) is 10.2. The third-order valence-electron chi connectivity index (χ3n) is 4.62. The molecule has 11 heteroatoms. The maximum Gasteiger partial charge on any atom is 0.352 e. The predicted molar refractivity (Wildman–Crippen MR) is 126 cm³/mol. The molecule has 172 valence electrons. The van der Waals surface area contributed by atoms with Crippen molar-refractivity contribution >= 4 is 17.5 Å². The third kappa shape index (κ3) is 5.62. The van der Waals surface area contributed by atoms with Gasteiger partial charge in [-0.05, 0) is 42.8 Å². The second-order valence-corrected chi connectivity index (χ2v) is 7.10. The van der Waals surface area contributed by atoms with Crippen molar-refractivity contribution in [2.45, 2.75) is 6.92 Å². The number of carbonyl (C=O) groups is 1. The molecular weight excluding hydrogens is 451 g/mol. The highest BCUT2D eigenvalue weighted by molar-refractivity contribution is 5.87. The fourth-order valence-corrected chi connectivity index (χ4v) is 3.03. The van der Waals surface area contributed by atoms with Gasteiger partial charge in [0.25, 0.3) is 0 Å². The number of benzene rings is 2. The molecular formula is C24H18FN8O2+. The highest BCUT2D eigenvalue weighted by Crippen LogP contribution is 2.34. The second-order valence-electron chi connectivity index (χ2n) is 7.10. The topological polar surface area (TPSA) is 143 Å². The van der Waals surface area contributed by atoms with Crippen LogP contribution in [0.2, 0.25) is 0 Å². The van der Waals surface area contributed by atoms with E-state index >= 15 is 0 Å². The Morgan fingerprint density at radius 2 is 2.00 bits per heavy atom. The molecule has 0 aliphatic rings. The average Bonchev–Trinajstić information content (AvgIpc) is 2.85. The van der Waals surface area contributed by atoms with E-state index in [2.05, 4.69) is 41.7 Å². The maximum atomic E-state index is 14.9. The summed E-state index contributed by atoms with van der Waals surface area (Å²) in [5.41, 5.74) is 9.02. The van der Waals surface area contributed by atoms with Crippen LogP contribution in [0.25, 0.3) is 22.4 Å². The van der Waals surface area contributed by atoms with Gasteiger partial charge < -0.3 is 10.5 Å². The number of nitrogens with zero attached hydrogens (tertiary/aromatic N) is 7. The van der Waals surface area contributed by atoms with Crippen LogP contribution in [0.15, 0.2) is 83.8 Å². The van der Waals surface area contributed by atoms with Crippen LogP contribution in [0.4, 0.5) is 16.0 Å². The Morgan fingerprint density at radius 1 is 1.14 bits per heavy atom. The fraction of sp³-hybridized carbons (Fsp3) is 0.0417. The molecule has 4 rings (SSSR count). The van der Waals surface area contributed by atoms with Gasteiger partial charge in [0, 0.05) is 35.3 Å². The van der Waals surface area contributed by atoms with Crippen LogP contribution >= 0.6 is 0 Å². The summed E-state index contributed by atoms with van der Waals surface area (Å²) in [7, 11) is 0. The van der Waals surface area contributed by atoms with Gasteiger partial charge in [-0.1, -0.05) is 24.8 Å². The maximum absolute atomic E-state index is 14.9. The molecule has 0 radical (unpaired) electrons. The first-order valence-corrected chi connectivity index (χ1v) is 10.2. The Morgan fingerprint density at radius 3 is 2.77 bits per heavy atom. The molecule has 2 aromatic carbocycles. The van der Waals surface area contributed by atoms with Crippen molar-refractivity contribution in [2.75, 3.05) is 5.73 Å². The first-order valence-electron chi connectivity index (χ1n) is 10.2. The van der Waals surface area contributed by atoms with Gasteiger partial charge in [-0.3, -0.25) is 4.79 Å². The molecule has 0 bridgehead atoms. The van der Waals surface area contributed by atoms with E-state index in [1.165, 1.54) is 24.5 Å². The van der Waals surface area contributed by atoms with Gasteiger partial charge >= 0.3 is 11.9 Å². The molecule has 2 N–H and O–H groups in total. The van der Waals surface area contributed by atoms with E-state index in [-0.39, 0.29) is 17.7 Å². The Kier molecular flexibility index (Phi) is 6.71. The number of nitrogens with two attached hydrogens (primary N) is 1. The lowest BCUT2D eigenvalue weighted by molar-refractivity contribution is -0.114. The van der Waals surface area contributed by atoms with Crippen molar-refractivity contribution in [3.05, 3.63) is 85.1 Å². The summed E-state index contributed by atoms with van der Waals surface area (Å²) in [5, 5.41) is 7.27. The summed E-state index contributed by atoms with van der Waals surface area (Å²) >= 11 is 0. The number of aromatic nitrogens is 4. The number of halogens is 1. The number of carbonyl (C=O) groups excluding carboxylic acids is 1. The molecule has 0 unspecified atom stereocenters. The number of ether oxygens (including phenoxy) is 1. The smallest absolute Gasteiger partial charge is 0.352 e. The van der Waals surface area contributed by atoms with E-state index in [9.17, 15) is 9.18 Å². The van der Waals surface area contributed by atoms with Crippen LogP contribution in [0.5, 0.6) is 11.8 Å². The number of aryl methyl sites for hydroxylation is 1. The van der Waals surface area contributed by atoms with Crippen LogP contribution in [-0.4, -0.2) is 25.8 Å². The number of amides is 1. The molecule has 4 aromatic rings.